The first-order valence-electron chi connectivity index (χ1n) is 2.92. The molecule has 0 aromatic carbocycles. The molecule has 1 heteroatoms. The zero-order valence-corrected chi connectivity index (χ0v) is 5.05. The van der Waals surface area contributed by atoms with Gasteiger partial charge in [0.25, 0.3) is 0 Å². The van der Waals surface area contributed by atoms with E-state index < -0.39 is 0 Å². The van der Waals surface area contributed by atoms with Gasteiger partial charge in [-0.25, -0.2) is 0 Å². The van der Waals surface area contributed by atoms with Crippen LogP contribution in [0.25, 0.3) is 0 Å². The minimum absolute atomic E-state index is 0.750. The first-order chi connectivity index (χ1) is 3.93. The maximum atomic E-state index is 5.20. The predicted molar refractivity (Wildman–Crippen MR) is 33.5 cm³/mol. The minimum Gasteiger partial charge on any atom is -0.494 e. The van der Waals surface area contributed by atoms with Crippen molar-refractivity contribution < 1.29 is 4.74 Å². The second-order valence-corrected chi connectivity index (χ2v) is 1.73. The number of hydrogen-bond donors (Lipinski definition) is 0. The normalized spacial score (nSPS) is 17.4. The van der Waals surface area contributed by atoms with E-state index in [1.165, 1.54) is 0 Å². The van der Waals surface area contributed by atoms with Gasteiger partial charge in [-0.15, -0.1) is 0 Å². The van der Waals surface area contributed by atoms with Crippen molar-refractivity contribution in [1.29, 1.82) is 0 Å². The summed E-state index contributed by atoms with van der Waals surface area (Å²) < 4.78 is 5.20. The quantitative estimate of drug-likeness (QED) is 0.500. The van der Waals surface area contributed by atoms with Crippen molar-refractivity contribution in [1.82, 2.24) is 0 Å². The molecule has 1 aliphatic rings. The highest BCUT2D eigenvalue weighted by atomic mass is 16.5. The van der Waals surface area contributed by atoms with E-state index in [9.17, 15) is 0 Å². The molecule has 0 bridgehead atoms. The average molecular weight is 110 g/mol. The zero-order chi connectivity index (χ0) is 5.82. The Morgan fingerprint density at radius 3 is 3.00 bits per heavy atom. The smallest absolute Gasteiger partial charge is 0.106 e. The van der Waals surface area contributed by atoms with Crippen LogP contribution in [0.1, 0.15) is 13.3 Å². The van der Waals surface area contributed by atoms with Gasteiger partial charge in [0.1, 0.15) is 6.61 Å². The highest BCUT2D eigenvalue weighted by Crippen LogP contribution is 2.06. The molecule has 0 fully saturated rings. The Morgan fingerprint density at radius 1 is 1.75 bits per heavy atom. The molecule has 0 unspecified atom stereocenters. The number of ether oxygens (including phenoxy) is 1. The molecule has 8 heavy (non-hydrogen) atoms. The molecule has 1 heterocycles. The molecule has 1 aliphatic heterocycles. The van der Waals surface area contributed by atoms with Gasteiger partial charge in [0.05, 0.1) is 5.76 Å². The minimum atomic E-state index is 0.750. The Morgan fingerprint density at radius 2 is 2.62 bits per heavy atom. The summed E-state index contributed by atoms with van der Waals surface area (Å²) in [5, 5.41) is 0. The second kappa shape index (κ2) is 2.55. The van der Waals surface area contributed by atoms with E-state index in [0.717, 1.165) is 18.8 Å². The first-order valence-corrected chi connectivity index (χ1v) is 2.92. The zero-order valence-electron chi connectivity index (χ0n) is 5.05. The van der Waals surface area contributed by atoms with E-state index in [4.69, 9.17) is 4.74 Å². The topological polar surface area (TPSA) is 9.23 Å². The van der Waals surface area contributed by atoms with Crippen molar-refractivity contribution in [3.05, 3.63) is 24.0 Å². The van der Waals surface area contributed by atoms with Crippen molar-refractivity contribution in [2.24, 2.45) is 0 Å². The summed E-state index contributed by atoms with van der Waals surface area (Å²) in [6.07, 6.45) is 7.04. The van der Waals surface area contributed by atoms with Gasteiger partial charge in [0, 0.05) is 6.42 Å². The molecule has 0 saturated carbocycles. The third-order valence-corrected chi connectivity index (χ3v) is 1.13. The molecule has 0 spiro atoms. The lowest BCUT2D eigenvalue weighted by Gasteiger charge is -2.07. The summed E-state index contributed by atoms with van der Waals surface area (Å²) in [7, 11) is 0. The number of hydrogen-bond acceptors (Lipinski definition) is 1. The van der Waals surface area contributed by atoms with Crippen LogP contribution in [0.3, 0.4) is 0 Å². The van der Waals surface area contributed by atoms with Crippen molar-refractivity contribution in [3.8, 4) is 0 Å². The summed E-state index contributed by atoms with van der Waals surface area (Å²) in [6.45, 7) is 2.84. The summed E-state index contributed by atoms with van der Waals surface area (Å²) in [5.41, 5.74) is 0. The van der Waals surface area contributed by atoms with Crippen LogP contribution < -0.4 is 0 Å². The van der Waals surface area contributed by atoms with Gasteiger partial charge in [-0.05, 0) is 12.2 Å². The molecule has 1 nitrogen and oxygen atoms in total. The summed E-state index contributed by atoms with van der Waals surface area (Å²) >= 11 is 0. The van der Waals surface area contributed by atoms with Gasteiger partial charge in [-0.2, -0.15) is 0 Å². The van der Waals surface area contributed by atoms with Crippen molar-refractivity contribution in [3.63, 3.8) is 0 Å². The van der Waals surface area contributed by atoms with Gasteiger partial charge in [0.2, 0.25) is 0 Å². The van der Waals surface area contributed by atoms with E-state index in [-0.39, 0.29) is 0 Å². The Labute approximate surface area is 49.7 Å². The first kappa shape index (κ1) is 5.42. The van der Waals surface area contributed by atoms with Crippen LogP contribution >= 0.6 is 0 Å². The lowest BCUT2D eigenvalue weighted by atomic mass is 10.3. The summed E-state index contributed by atoms with van der Waals surface area (Å²) in [6, 6.07) is 0. The number of rotatable bonds is 1. The predicted octanol–water partition coefficient (Wildman–Crippen LogP) is 1.87. The fourth-order valence-corrected chi connectivity index (χ4v) is 0.654. The SMILES string of the molecule is CCC1=CC=CCO1. The van der Waals surface area contributed by atoms with Crippen LogP contribution in [0.2, 0.25) is 0 Å². The lowest BCUT2D eigenvalue weighted by Crippen LogP contribution is -1.93. The molecule has 0 saturated heterocycles. The summed E-state index contributed by atoms with van der Waals surface area (Å²) in [5.74, 6) is 1.09. The highest BCUT2D eigenvalue weighted by molar-refractivity contribution is 5.11. The van der Waals surface area contributed by atoms with Gasteiger partial charge in [0.15, 0.2) is 0 Å². The van der Waals surface area contributed by atoms with E-state index >= 15 is 0 Å². The molecular weight excluding hydrogens is 100 g/mol. The molecule has 1 rings (SSSR count). The highest BCUT2D eigenvalue weighted by Gasteiger charge is 1.93. The van der Waals surface area contributed by atoms with Crippen molar-refractivity contribution in [2.45, 2.75) is 13.3 Å². The third-order valence-electron chi connectivity index (χ3n) is 1.13. The van der Waals surface area contributed by atoms with Crippen LogP contribution in [0, 0.1) is 0 Å². The number of allylic oxidation sites excluding steroid dienone is 3. The van der Waals surface area contributed by atoms with Gasteiger partial charge >= 0.3 is 0 Å². The lowest BCUT2D eigenvalue weighted by molar-refractivity contribution is 0.235. The Kier molecular flexibility index (Phi) is 1.73. The third kappa shape index (κ3) is 1.12. The fraction of sp³-hybridized carbons (Fsp3) is 0.429. The molecule has 0 atom stereocenters. The van der Waals surface area contributed by atoms with E-state index in [1.54, 1.807) is 0 Å². The largest absolute Gasteiger partial charge is 0.494 e. The monoisotopic (exact) mass is 110 g/mol. The maximum absolute atomic E-state index is 5.20. The van der Waals surface area contributed by atoms with Crippen LogP contribution in [0.4, 0.5) is 0 Å². The van der Waals surface area contributed by atoms with E-state index in [1.807, 2.05) is 18.2 Å². The Bertz CT molecular complexity index is 122. The van der Waals surface area contributed by atoms with E-state index in [0.29, 0.717) is 0 Å². The molecule has 0 aliphatic carbocycles. The molecular formula is C7H10O. The van der Waals surface area contributed by atoms with Crippen molar-refractivity contribution in [2.75, 3.05) is 6.61 Å². The van der Waals surface area contributed by atoms with E-state index in [2.05, 4.69) is 6.92 Å². The Hall–Kier alpha value is -0.720. The van der Waals surface area contributed by atoms with Gasteiger partial charge in [-0.1, -0.05) is 13.0 Å². The van der Waals surface area contributed by atoms with Gasteiger partial charge in [-0.3, -0.25) is 0 Å². The maximum Gasteiger partial charge on any atom is 0.106 e. The Balaban J connectivity index is 2.50. The van der Waals surface area contributed by atoms with Gasteiger partial charge < -0.3 is 4.74 Å². The molecule has 44 valence electrons. The van der Waals surface area contributed by atoms with Crippen LogP contribution in [0.15, 0.2) is 24.0 Å². The second-order valence-electron chi connectivity index (χ2n) is 1.73. The molecule has 0 radical (unpaired) electrons. The van der Waals surface area contributed by atoms with Crippen LogP contribution in [-0.4, -0.2) is 6.61 Å². The van der Waals surface area contributed by atoms with Crippen LogP contribution in [-0.2, 0) is 4.74 Å². The molecule has 0 aromatic heterocycles. The average Bonchev–Trinajstić information content (AvgIpc) is 1.90. The fourth-order valence-electron chi connectivity index (χ4n) is 0.654. The van der Waals surface area contributed by atoms with Crippen molar-refractivity contribution >= 4 is 0 Å². The molecule has 0 aromatic rings. The molecule has 0 N–H and O–H groups in total. The standard InChI is InChI=1S/C7H10O/c1-2-7-5-3-4-6-8-7/h3-5H,2,6H2,1H3. The molecule has 0 amide bonds. The van der Waals surface area contributed by atoms with Crippen LogP contribution in [0.5, 0.6) is 0 Å². The summed E-state index contributed by atoms with van der Waals surface area (Å²) in [4.78, 5) is 0.